The van der Waals surface area contributed by atoms with E-state index in [9.17, 15) is 24.5 Å². The van der Waals surface area contributed by atoms with Crippen LogP contribution < -0.4 is 15.5 Å². The number of hydrogen-bond acceptors (Lipinski definition) is 8. The van der Waals surface area contributed by atoms with Crippen LogP contribution >= 0.6 is 12.2 Å². The van der Waals surface area contributed by atoms with Crippen molar-refractivity contribution in [3.63, 3.8) is 0 Å². The van der Waals surface area contributed by atoms with E-state index in [1.807, 2.05) is 4.90 Å². The normalized spacial score (nSPS) is 15.3. The molecule has 0 bridgehead atoms. The topological polar surface area (TPSA) is 134 Å². The number of carbonyl (C=O) groups excluding carboxylic acids is 3. The summed E-state index contributed by atoms with van der Waals surface area (Å²) >= 11 is 5.17. The van der Waals surface area contributed by atoms with Gasteiger partial charge in [-0.1, -0.05) is 0 Å². The van der Waals surface area contributed by atoms with Gasteiger partial charge in [-0.3, -0.25) is 34.7 Å². The first-order chi connectivity index (χ1) is 15.8. The first kappa shape index (κ1) is 22.3. The maximum absolute atomic E-state index is 12.6. The molecule has 12 heteroatoms. The largest absolute Gasteiger partial charge is 0.378 e. The van der Waals surface area contributed by atoms with Crippen LogP contribution in [0.15, 0.2) is 36.4 Å². The lowest BCUT2D eigenvalue weighted by atomic mass is 10.1. The van der Waals surface area contributed by atoms with Gasteiger partial charge in [0.15, 0.2) is 5.11 Å². The fraction of sp³-hybridized carbons (Fsp3) is 0.238. The standard InChI is InChI=1S/C21H19N5O6S/c1-24-19(28)14-4-3-13(11-15(14)20(24)29)22-21(33)23-18(27)12-2-5-16(17(10-12)26(30)31)25-6-8-32-9-7-25/h2-5,10-11H,6-9H2,1H3,(H2,22,23,27,33). The van der Waals surface area contributed by atoms with Gasteiger partial charge in [0.1, 0.15) is 5.69 Å². The molecule has 0 unspecified atom stereocenters. The summed E-state index contributed by atoms with van der Waals surface area (Å²) in [7, 11) is 1.39. The van der Waals surface area contributed by atoms with Crippen molar-refractivity contribution in [2.45, 2.75) is 0 Å². The zero-order valence-corrected chi connectivity index (χ0v) is 18.3. The lowest BCUT2D eigenvalue weighted by Gasteiger charge is -2.28. The van der Waals surface area contributed by atoms with E-state index in [0.717, 1.165) is 4.90 Å². The summed E-state index contributed by atoms with van der Waals surface area (Å²) in [6.45, 7) is 1.98. The molecule has 1 saturated heterocycles. The molecule has 33 heavy (non-hydrogen) atoms. The van der Waals surface area contributed by atoms with E-state index in [1.54, 1.807) is 6.07 Å². The van der Waals surface area contributed by atoms with Crippen molar-refractivity contribution in [2.75, 3.05) is 43.6 Å². The summed E-state index contributed by atoms with van der Waals surface area (Å²) < 4.78 is 5.28. The van der Waals surface area contributed by atoms with Crippen molar-refractivity contribution in [1.29, 1.82) is 0 Å². The molecule has 3 amide bonds. The molecule has 170 valence electrons. The number of nitro benzene ring substituents is 1. The number of thiocarbonyl (C=S) groups is 1. The van der Waals surface area contributed by atoms with E-state index in [0.29, 0.717) is 37.7 Å². The van der Waals surface area contributed by atoms with Crippen LogP contribution in [-0.2, 0) is 4.74 Å². The third-order valence-electron chi connectivity index (χ3n) is 5.36. The molecule has 4 rings (SSSR count). The molecule has 1 fully saturated rings. The van der Waals surface area contributed by atoms with Crippen LogP contribution in [0.1, 0.15) is 31.1 Å². The average molecular weight is 469 g/mol. The van der Waals surface area contributed by atoms with Crippen LogP contribution in [0.3, 0.4) is 0 Å². The van der Waals surface area contributed by atoms with Crippen LogP contribution in [0, 0.1) is 10.1 Å². The molecule has 0 atom stereocenters. The van der Waals surface area contributed by atoms with Gasteiger partial charge in [0, 0.05) is 37.5 Å². The smallest absolute Gasteiger partial charge is 0.293 e. The average Bonchev–Trinajstić information content (AvgIpc) is 3.02. The summed E-state index contributed by atoms with van der Waals surface area (Å²) in [5, 5.41) is 16.8. The molecule has 0 radical (unpaired) electrons. The summed E-state index contributed by atoms with van der Waals surface area (Å²) in [4.78, 5) is 50.7. The van der Waals surface area contributed by atoms with E-state index in [1.165, 1.54) is 37.4 Å². The zero-order valence-electron chi connectivity index (χ0n) is 17.5. The highest BCUT2D eigenvalue weighted by atomic mass is 32.1. The highest BCUT2D eigenvalue weighted by molar-refractivity contribution is 7.80. The van der Waals surface area contributed by atoms with Crippen LogP contribution in [0.2, 0.25) is 0 Å². The van der Waals surface area contributed by atoms with Crippen molar-refractivity contribution in [3.05, 3.63) is 63.2 Å². The third kappa shape index (κ3) is 4.38. The predicted molar refractivity (Wildman–Crippen MR) is 123 cm³/mol. The summed E-state index contributed by atoms with van der Waals surface area (Å²) in [5.41, 5.74) is 1.23. The Hall–Kier alpha value is -3.90. The number of nitrogens with zero attached hydrogens (tertiary/aromatic N) is 3. The van der Waals surface area contributed by atoms with Gasteiger partial charge in [-0.05, 0) is 42.5 Å². The zero-order chi connectivity index (χ0) is 23.7. The molecular formula is C21H19N5O6S. The number of benzene rings is 2. The molecule has 0 saturated carbocycles. The monoisotopic (exact) mass is 469 g/mol. The number of hydrogen-bond donors (Lipinski definition) is 2. The predicted octanol–water partition coefficient (Wildman–Crippen LogP) is 1.78. The van der Waals surface area contributed by atoms with Crippen LogP contribution in [0.25, 0.3) is 0 Å². The van der Waals surface area contributed by atoms with E-state index in [2.05, 4.69) is 10.6 Å². The summed E-state index contributed by atoms with van der Waals surface area (Å²) in [6.07, 6.45) is 0. The lowest BCUT2D eigenvalue weighted by molar-refractivity contribution is -0.384. The SMILES string of the molecule is CN1C(=O)c2ccc(NC(=S)NC(=O)c3ccc(N4CCOCC4)c([N+](=O)[O-])c3)cc2C1=O. The molecule has 2 N–H and O–H groups in total. The summed E-state index contributed by atoms with van der Waals surface area (Å²) in [6, 6.07) is 8.76. The molecular weight excluding hydrogens is 450 g/mol. The maximum Gasteiger partial charge on any atom is 0.293 e. The number of fused-ring (bicyclic) bond motifs is 1. The molecule has 0 spiro atoms. The Kier molecular flexibility index (Phi) is 6.03. The minimum absolute atomic E-state index is 0.0648. The molecule has 2 heterocycles. The van der Waals surface area contributed by atoms with Gasteiger partial charge >= 0.3 is 0 Å². The fourth-order valence-corrected chi connectivity index (χ4v) is 3.87. The number of nitrogens with one attached hydrogen (secondary N) is 2. The molecule has 0 aromatic heterocycles. The van der Waals surface area contributed by atoms with Gasteiger partial charge in [-0.2, -0.15) is 0 Å². The second kappa shape index (κ2) is 8.92. The number of imide groups is 1. The molecule has 0 aliphatic carbocycles. The fourth-order valence-electron chi connectivity index (χ4n) is 3.66. The third-order valence-corrected chi connectivity index (χ3v) is 5.56. The van der Waals surface area contributed by atoms with Crippen LogP contribution in [-0.4, -0.2) is 66.0 Å². The Morgan fingerprint density at radius 1 is 1.09 bits per heavy atom. The second-order valence-corrected chi connectivity index (χ2v) is 7.81. The van der Waals surface area contributed by atoms with Gasteiger partial charge < -0.3 is 15.0 Å². The lowest BCUT2D eigenvalue weighted by Crippen LogP contribution is -2.37. The van der Waals surface area contributed by atoms with E-state index >= 15 is 0 Å². The van der Waals surface area contributed by atoms with Gasteiger partial charge in [-0.25, -0.2) is 0 Å². The second-order valence-electron chi connectivity index (χ2n) is 7.40. The summed E-state index contributed by atoms with van der Waals surface area (Å²) in [5.74, 6) is -1.45. The van der Waals surface area contributed by atoms with E-state index in [-0.39, 0.29) is 33.4 Å². The van der Waals surface area contributed by atoms with Crippen LogP contribution in [0.5, 0.6) is 0 Å². The van der Waals surface area contributed by atoms with Crippen molar-refractivity contribution in [1.82, 2.24) is 10.2 Å². The number of ether oxygens (including phenoxy) is 1. The number of nitro groups is 1. The minimum Gasteiger partial charge on any atom is -0.378 e. The van der Waals surface area contributed by atoms with Crippen molar-refractivity contribution < 1.29 is 24.0 Å². The van der Waals surface area contributed by atoms with Gasteiger partial charge in [0.25, 0.3) is 23.4 Å². The Morgan fingerprint density at radius 2 is 1.79 bits per heavy atom. The Labute approximate surface area is 193 Å². The van der Waals surface area contributed by atoms with E-state index in [4.69, 9.17) is 17.0 Å². The van der Waals surface area contributed by atoms with Crippen LogP contribution in [0.4, 0.5) is 17.1 Å². The Bertz CT molecular complexity index is 1190. The number of amides is 3. The van der Waals surface area contributed by atoms with Gasteiger partial charge in [0.2, 0.25) is 0 Å². The number of rotatable bonds is 4. The Balaban J connectivity index is 1.47. The minimum atomic E-state index is -0.628. The Morgan fingerprint density at radius 3 is 2.48 bits per heavy atom. The molecule has 2 aromatic rings. The first-order valence-corrected chi connectivity index (χ1v) is 10.4. The number of carbonyl (C=O) groups is 3. The van der Waals surface area contributed by atoms with E-state index < -0.39 is 16.7 Å². The van der Waals surface area contributed by atoms with Gasteiger partial charge in [-0.15, -0.1) is 0 Å². The molecule has 11 nitrogen and oxygen atoms in total. The number of anilines is 2. The molecule has 2 aliphatic heterocycles. The quantitative estimate of drug-likeness (QED) is 0.297. The van der Waals surface area contributed by atoms with Crippen molar-refractivity contribution in [2.24, 2.45) is 0 Å². The highest BCUT2D eigenvalue weighted by Crippen LogP contribution is 2.30. The highest BCUT2D eigenvalue weighted by Gasteiger charge is 2.32. The maximum atomic E-state index is 12.6. The first-order valence-electron chi connectivity index (χ1n) is 9.96. The molecule has 2 aromatic carbocycles. The molecule has 2 aliphatic rings. The van der Waals surface area contributed by atoms with Crippen molar-refractivity contribution in [3.8, 4) is 0 Å². The number of morpholine rings is 1. The van der Waals surface area contributed by atoms with Crippen molar-refractivity contribution >= 4 is 52.1 Å². The van der Waals surface area contributed by atoms with Gasteiger partial charge in [0.05, 0.1) is 29.3 Å².